The van der Waals surface area contributed by atoms with E-state index in [1.807, 2.05) is 86.6 Å². The van der Waals surface area contributed by atoms with Gasteiger partial charge in [-0.15, -0.1) is 0 Å². The Hall–Kier alpha value is -5.42. The van der Waals surface area contributed by atoms with Crippen molar-refractivity contribution in [3.8, 4) is 0 Å². The van der Waals surface area contributed by atoms with Gasteiger partial charge in [0.2, 0.25) is 23.6 Å². The number of rotatable bonds is 6. The fraction of sp³-hybridized carbons (Fsp3) is 0.527. The summed E-state index contributed by atoms with van der Waals surface area (Å²) >= 11 is 2.19. The normalized spacial score (nSPS) is 19.9. The van der Waals surface area contributed by atoms with Crippen molar-refractivity contribution in [3.63, 3.8) is 0 Å². The van der Waals surface area contributed by atoms with Gasteiger partial charge in [0.25, 0.3) is 21.9 Å². The molecule has 0 aliphatic carbocycles. The number of benzene rings is 3. The first-order chi connectivity index (χ1) is 35.7. The maximum atomic E-state index is 12.8. The average Bonchev–Trinajstić information content (AvgIpc) is 3.86. The van der Waals surface area contributed by atoms with E-state index < -0.39 is 45.4 Å². The molecular weight excluding hydrogens is 1170 g/mol. The SMILES string of the molecule is CC.CC(C)(C)OC(=O)N1CCC(c2ccc3c(c2)CN(C2CCC(=O)NC2=O)C3=O)CC1.Cc1ccc(S(=O)(=O)OC2CCN(C(=O)OC(C)(C)C)CC2)cc1.O=C1CCC(N2Cc3cc(I)ccc3C2=O)C(=O)N1.[Mn]. The van der Waals surface area contributed by atoms with E-state index >= 15 is 0 Å². The van der Waals surface area contributed by atoms with Gasteiger partial charge in [-0.3, -0.25) is 43.6 Å². The van der Waals surface area contributed by atoms with Crippen molar-refractivity contribution in [1.82, 2.24) is 30.2 Å². The van der Waals surface area contributed by atoms with E-state index in [-0.39, 0.29) is 76.5 Å². The van der Waals surface area contributed by atoms with E-state index in [0.717, 1.165) is 38.7 Å². The summed E-state index contributed by atoms with van der Waals surface area (Å²) in [6.45, 7) is 19.9. The molecule has 0 bridgehead atoms. The summed E-state index contributed by atoms with van der Waals surface area (Å²) in [5.41, 5.74) is 4.24. The van der Waals surface area contributed by atoms with Crippen molar-refractivity contribution in [1.29, 1.82) is 0 Å². The van der Waals surface area contributed by atoms with E-state index in [2.05, 4.69) is 39.3 Å². The van der Waals surface area contributed by atoms with Crippen LogP contribution in [0, 0.1) is 10.5 Å². The Bertz CT molecular complexity index is 2800. The van der Waals surface area contributed by atoms with Gasteiger partial charge in [-0.2, -0.15) is 8.42 Å². The Balaban J connectivity index is 0.000000214. The van der Waals surface area contributed by atoms with Crippen molar-refractivity contribution in [3.05, 3.63) is 97.6 Å². The van der Waals surface area contributed by atoms with Crippen LogP contribution in [0.2, 0.25) is 0 Å². The number of carbonyl (C=O) groups excluding carboxylic acids is 8. The number of carbonyl (C=O) groups is 8. The number of hydrogen-bond acceptors (Lipinski definition) is 13. The number of imide groups is 2. The maximum absolute atomic E-state index is 12.8. The van der Waals surface area contributed by atoms with E-state index in [0.29, 0.717) is 82.0 Å². The van der Waals surface area contributed by atoms with Crippen LogP contribution in [0.15, 0.2) is 65.6 Å². The molecule has 3 aromatic carbocycles. The summed E-state index contributed by atoms with van der Waals surface area (Å²) in [5, 5.41) is 4.62. The molecule has 2 N–H and O–H groups in total. The van der Waals surface area contributed by atoms with Crippen molar-refractivity contribution in [2.24, 2.45) is 0 Å². The molecule has 6 aliphatic heterocycles. The van der Waals surface area contributed by atoms with Crippen LogP contribution in [0.4, 0.5) is 9.59 Å². The Morgan fingerprint density at radius 3 is 1.48 bits per heavy atom. The molecule has 77 heavy (non-hydrogen) atoms. The first-order valence-electron chi connectivity index (χ1n) is 25.9. The molecule has 419 valence electrons. The molecule has 0 spiro atoms. The van der Waals surface area contributed by atoms with Crippen LogP contribution >= 0.6 is 22.6 Å². The second-order valence-electron chi connectivity index (χ2n) is 21.3. The number of piperidine rings is 4. The number of hydrogen-bond donors (Lipinski definition) is 2. The molecule has 6 heterocycles. The van der Waals surface area contributed by atoms with Crippen LogP contribution in [-0.4, -0.2) is 131 Å². The first-order valence-corrected chi connectivity index (χ1v) is 28.4. The van der Waals surface area contributed by atoms with Gasteiger partial charge in [-0.25, -0.2) is 9.59 Å². The predicted octanol–water partition coefficient (Wildman–Crippen LogP) is 7.74. The molecule has 0 saturated carbocycles. The number of ether oxygens (including phenoxy) is 2. The standard InChI is InChI=1S/C23H29N3O5.C17H25NO5S.C13H11IN2O3.C2H6.Mn/c1-23(2,3)31-22(30)25-10-8-14(9-11-25)15-4-5-17-16(12-15)13-26(21(17)29)18-6-7-19(27)24-20(18)28;1-13-5-7-15(8-6-13)24(20,21)23-14-9-11-18(12-10-14)16(19)22-17(2,3)4;14-8-1-2-9-7(5-8)6-16(13(9)19)10-3-4-11(17)15-12(10)18;1-2;/h4-5,12,14,18H,6-11,13H2,1-3H3,(H,24,27,28);5-8,14H,9-12H2,1-4H3;1-2,5,10H,3-4,6H2,(H,15,17,18);1-2H3;. The minimum atomic E-state index is -3.78. The zero-order valence-corrected chi connectivity index (χ0v) is 49.4. The van der Waals surface area contributed by atoms with Gasteiger partial charge in [-0.1, -0.05) is 43.7 Å². The van der Waals surface area contributed by atoms with E-state index in [9.17, 15) is 46.8 Å². The molecule has 8 amide bonds. The Labute approximate surface area is 475 Å². The molecule has 19 nitrogen and oxygen atoms in total. The summed E-state index contributed by atoms with van der Waals surface area (Å²) in [4.78, 5) is 103. The predicted molar refractivity (Wildman–Crippen MR) is 289 cm³/mol. The van der Waals surface area contributed by atoms with Crippen LogP contribution < -0.4 is 10.6 Å². The van der Waals surface area contributed by atoms with Gasteiger partial charge in [0.1, 0.15) is 23.3 Å². The first kappa shape index (κ1) is 62.4. The average molecular weight is 1240 g/mol. The third kappa shape index (κ3) is 16.6. The molecule has 3 aromatic rings. The smallest absolute Gasteiger partial charge is 0.410 e. The quantitative estimate of drug-likeness (QED) is 0.104. The van der Waals surface area contributed by atoms with Crippen LogP contribution in [0.25, 0.3) is 0 Å². The molecule has 22 heteroatoms. The third-order valence-electron chi connectivity index (χ3n) is 13.3. The topological polar surface area (TPSA) is 235 Å². The monoisotopic (exact) mass is 1240 g/mol. The second kappa shape index (κ2) is 26.5. The molecule has 9 rings (SSSR count). The van der Waals surface area contributed by atoms with Gasteiger partial charge in [-0.05, 0) is 169 Å². The summed E-state index contributed by atoms with van der Waals surface area (Å²) in [6, 6.07) is 17.0. The minimum Gasteiger partial charge on any atom is -0.444 e. The van der Waals surface area contributed by atoms with Crippen LogP contribution in [0.1, 0.15) is 156 Å². The maximum Gasteiger partial charge on any atom is 0.410 e. The van der Waals surface area contributed by atoms with Crippen LogP contribution in [0.3, 0.4) is 0 Å². The van der Waals surface area contributed by atoms with Gasteiger partial charge < -0.3 is 29.1 Å². The fourth-order valence-corrected chi connectivity index (χ4v) is 11.2. The number of aryl methyl sites for hydroxylation is 1. The Morgan fingerprint density at radius 2 is 1.04 bits per heavy atom. The van der Waals surface area contributed by atoms with Crippen molar-refractivity contribution < 1.29 is 77.5 Å². The second-order valence-corrected chi connectivity index (χ2v) is 24.1. The van der Waals surface area contributed by atoms with Gasteiger partial charge in [0.15, 0.2) is 0 Å². The zero-order chi connectivity index (χ0) is 55.9. The summed E-state index contributed by atoms with van der Waals surface area (Å²) in [7, 11) is -3.78. The molecular formula is C55H71IMnN6O13S. The number of nitrogens with one attached hydrogen (secondary N) is 2. The molecule has 6 aliphatic rings. The molecule has 0 aromatic heterocycles. The number of fused-ring (bicyclic) bond motifs is 2. The molecule has 1 radical (unpaired) electrons. The van der Waals surface area contributed by atoms with E-state index in [4.69, 9.17) is 13.7 Å². The van der Waals surface area contributed by atoms with Crippen LogP contribution in [0.5, 0.6) is 0 Å². The largest absolute Gasteiger partial charge is 0.444 e. The number of amides is 8. The molecule has 2 unspecified atom stereocenters. The minimum absolute atomic E-state index is 0. The van der Waals surface area contributed by atoms with E-state index in [1.54, 1.807) is 49.9 Å². The van der Waals surface area contributed by atoms with Crippen molar-refractivity contribution >= 4 is 80.3 Å². The van der Waals surface area contributed by atoms with Gasteiger partial charge in [0, 0.05) is 83.9 Å². The third-order valence-corrected chi connectivity index (χ3v) is 15.4. The van der Waals surface area contributed by atoms with Crippen molar-refractivity contribution in [2.75, 3.05) is 26.2 Å². The number of nitrogens with zero attached hydrogens (tertiary/aromatic N) is 4. The zero-order valence-electron chi connectivity index (χ0n) is 45.2. The summed E-state index contributed by atoms with van der Waals surface area (Å²) in [5.74, 6) is -1.29. The van der Waals surface area contributed by atoms with Crippen molar-refractivity contribution in [2.45, 2.75) is 167 Å². The van der Waals surface area contributed by atoms with Crippen LogP contribution in [-0.2, 0) is 73.1 Å². The molecule has 2 atom stereocenters. The number of halogens is 1. The molecule has 4 saturated heterocycles. The van der Waals surface area contributed by atoms with Gasteiger partial charge in [0.05, 0.1) is 11.0 Å². The summed E-state index contributed by atoms with van der Waals surface area (Å²) < 4.78 is 41.8. The fourth-order valence-electron chi connectivity index (χ4n) is 9.51. The molecule has 4 fully saturated rings. The Kier molecular flexibility index (Phi) is 21.5. The Morgan fingerprint density at radius 1 is 0.610 bits per heavy atom. The summed E-state index contributed by atoms with van der Waals surface area (Å²) in [6.07, 6.45) is 2.83. The van der Waals surface area contributed by atoms with E-state index in [1.165, 1.54) is 0 Å². The number of likely N-dealkylation sites (tertiary alicyclic amines) is 2. The van der Waals surface area contributed by atoms with Gasteiger partial charge >= 0.3 is 12.2 Å².